The average Bonchev–Trinajstić information content (AvgIpc) is 2.21. The summed E-state index contributed by atoms with van der Waals surface area (Å²) in [5.74, 6) is 0. The molecule has 0 aliphatic heterocycles. The van der Waals surface area contributed by atoms with E-state index in [0.29, 0.717) is 5.41 Å². The van der Waals surface area contributed by atoms with Crippen molar-refractivity contribution in [2.75, 3.05) is 0 Å². The molecule has 0 N–H and O–H groups in total. The summed E-state index contributed by atoms with van der Waals surface area (Å²) in [6, 6.07) is 0. The first kappa shape index (κ1) is 13.3. The quantitative estimate of drug-likeness (QED) is 0.476. The lowest BCUT2D eigenvalue weighted by atomic mass is 9.85. The summed E-state index contributed by atoms with van der Waals surface area (Å²) >= 11 is 0. The fourth-order valence-corrected chi connectivity index (χ4v) is 2.01. The second-order valence-corrected chi connectivity index (χ2v) is 5.77. The topological polar surface area (TPSA) is 0 Å². The molecule has 0 saturated heterocycles. The van der Waals surface area contributed by atoms with Crippen LogP contribution in [-0.2, 0) is 0 Å². The standard InChI is InChI=1S/C16H26/c1-14-8-5-6-12-16(3,4)13-11-15(2)10-7-9-14/h6,8,10,12H,5,7,9,11,13H2,1-4H3/b12-6-,14-8-,15-10-. The van der Waals surface area contributed by atoms with Crippen molar-refractivity contribution in [2.45, 2.75) is 59.8 Å². The molecule has 0 nitrogen and oxygen atoms in total. The molecule has 90 valence electrons. The highest BCUT2D eigenvalue weighted by atomic mass is 14.2. The SMILES string of the molecule is C/C1=C/C/C=C\C(C)(C)CC/C(C)=C\CC1. The summed E-state index contributed by atoms with van der Waals surface area (Å²) in [4.78, 5) is 0. The summed E-state index contributed by atoms with van der Waals surface area (Å²) in [7, 11) is 0. The second-order valence-electron chi connectivity index (χ2n) is 5.77. The van der Waals surface area contributed by atoms with Gasteiger partial charge in [-0.25, -0.2) is 0 Å². The fraction of sp³-hybridized carbons (Fsp3) is 0.625. The Bertz CT molecular complexity index is 300. The van der Waals surface area contributed by atoms with Gasteiger partial charge in [0.25, 0.3) is 0 Å². The summed E-state index contributed by atoms with van der Waals surface area (Å²) < 4.78 is 0. The molecule has 0 heterocycles. The van der Waals surface area contributed by atoms with Crippen LogP contribution in [0.1, 0.15) is 59.8 Å². The Morgan fingerprint density at radius 1 is 1.00 bits per heavy atom. The number of hydrogen-bond acceptors (Lipinski definition) is 0. The van der Waals surface area contributed by atoms with Gasteiger partial charge < -0.3 is 0 Å². The van der Waals surface area contributed by atoms with Crippen molar-refractivity contribution >= 4 is 0 Å². The van der Waals surface area contributed by atoms with Crippen LogP contribution >= 0.6 is 0 Å². The smallest absolute Gasteiger partial charge is 0.0166 e. The third-order valence-corrected chi connectivity index (χ3v) is 3.37. The minimum atomic E-state index is 0.343. The van der Waals surface area contributed by atoms with Crippen LogP contribution in [0.3, 0.4) is 0 Å². The molecule has 1 rings (SSSR count). The van der Waals surface area contributed by atoms with Crippen LogP contribution in [-0.4, -0.2) is 0 Å². The van der Waals surface area contributed by atoms with Crippen molar-refractivity contribution in [3.05, 3.63) is 35.5 Å². The molecule has 0 heteroatoms. The van der Waals surface area contributed by atoms with E-state index in [1.807, 2.05) is 0 Å². The number of allylic oxidation sites excluding steroid dienone is 6. The Balaban J connectivity index is 2.74. The molecular weight excluding hydrogens is 192 g/mol. The van der Waals surface area contributed by atoms with E-state index in [1.54, 1.807) is 5.57 Å². The van der Waals surface area contributed by atoms with E-state index in [1.165, 1.54) is 31.3 Å². The van der Waals surface area contributed by atoms with Gasteiger partial charge in [-0.1, -0.05) is 49.3 Å². The Kier molecular flexibility index (Phi) is 5.05. The maximum Gasteiger partial charge on any atom is -0.0166 e. The lowest BCUT2D eigenvalue weighted by molar-refractivity contribution is 0.436. The summed E-state index contributed by atoms with van der Waals surface area (Å²) in [5.41, 5.74) is 3.41. The van der Waals surface area contributed by atoms with Crippen LogP contribution in [0.2, 0.25) is 0 Å². The first-order chi connectivity index (χ1) is 7.49. The highest BCUT2D eigenvalue weighted by Gasteiger charge is 2.13. The molecule has 0 spiro atoms. The molecule has 0 atom stereocenters. The summed E-state index contributed by atoms with van der Waals surface area (Å²) in [6.45, 7) is 9.18. The van der Waals surface area contributed by atoms with Gasteiger partial charge in [-0.05, 0) is 51.4 Å². The molecular formula is C16H26. The fourth-order valence-electron chi connectivity index (χ4n) is 2.01. The highest BCUT2D eigenvalue weighted by molar-refractivity contribution is 5.09. The highest BCUT2D eigenvalue weighted by Crippen LogP contribution is 2.27. The molecule has 1 aliphatic carbocycles. The maximum atomic E-state index is 2.42. The zero-order chi connectivity index (χ0) is 12.0. The molecule has 0 amide bonds. The van der Waals surface area contributed by atoms with Crippen molar-refractivity contribution in [1.82, 2.24) is 0 Å². The number of rotatable bonds is 0. The van der Waals surface area contributed by atoms with Gasteiger partial charge in [0.15, 0.2) is 0 Å². The van der Waals surface area contributed by atoms with E-state index in [2.05, 4.69) is 52.0 Å². The summed E-state index contributed by atoms with van der Waals surface area (Å²) in [5, 5.41) is 0. The van der Waals surface area contributed by atoms with Crippen molar-refractivity contribution in [1.29, 1.82) is 0 Å². The monoisotopic (exact) mass is 218 g/mol. The lowest BCUT2D eigenvalue weighted by Crippen LogP contribution is -2.07. The molecule has 1 aliphatic rings. The third-order valence-electron chi connectivity index (χ3n) is 3.37. The zero-order valence-electron chi connectivity index (χ0n) is 11.3. The van der Waals surface area contributed by atoms with Crippen LogP contribution in [0.15, 0.2) is 35.5 Å². The summed E-state index contributed by atoms with van der Waals surface area (Å²) in [6.07, 6.45) is 15.5. The second kappa shape index (κ2) is 6.08. The van der Waals surface area contributed by atoms with E-state index < -0.39 is 0 Å². The minimum Gasteiger partial charge on any atom is -0.0853 e. The van der Waals surface area contributed by atoms with Crippen LogP contribution in [0.25, 0.3) is 0 Å². The van der Waals surface area contributed by atoms with Gasteiger partial charge in [0.2, 0.25) is 0 Å². The molecule has 0 bridgehead atoms. The van der Waals surface area contributed by atoms with E-state index in [4.69, 9.17) is 0 Å². The lowest BCUT2D eigenvalue weighted by Gasteiger charge is -2.20. The normalized spacial score (nSPS) is 31.2. The predicted molar refractivity (Wildman–Crippen MR) is 73.5 cm³/mol. The Morgan fingerprint density at radius 2 is 1.69 bits per heavy atom. The average molecular weight is 218 g/mol. The molecule has 16 heavy (non-hydrogen) atoms. The minimum absolute atomic E-state index is 0.343. The van der Waals surface area contributed by atoms with Gasteiger partial charge in [0.1, 0.15) is 0 Å². The maximum absolute atomic E-state index is 2.42. The largest absolute Gasteiger partial charge is 0.0853 e. The predicted octanol–water partition coefficient (Wildman–Crippen LogP) is 5.43. The Hall–Kier alpha value is -0.780. The molecule has 0 aromatic carbocycles. The van der Waals surface area contributed by atoms with Gasteiger partial charge in [0, 0.05) is 0 Å². The van der Waals surface area contributed by atoms with E-state index >= 15 is 0 Å². The number of hydrogen-bond donors (Lipinski definition) is 0. The molecule has 0 saturated carbocycles. The molecule has 0 aromatic rings. The van der Waals surface area contributed by atoms with Crippen LogP contribution < -0.4 is 0 Å². The zero-order valence-corrected chi connectivity index (χ0v) is 11.3. The molecule has 0 radical (unpaired) electrons. The van der Waals surface area contributed by atoms with Gasteiger partial charge in [-0.15, -0.1) is 0 Å². The first-order valence-corrected chi connectivity index (χ1v) is 6.48. The van der Waals surface area contributed by atoms with Crippen molar-refractivity contribution in [2.24, 2.45) is 5.41 Å². The first-order valence-electron chi connectivity index (χ1n) is 6.48. The van der Waals surface area contributed by atoms with E-state index in [-0.39, 0.29) is 0 Å². The van der Waals surface area contributed by atoms with Gasteiger partial charge in [-0.3, -0.25) is 0 Å². The molecule has 0 fully saturated rings. The van der Waals surface area contributed by atoms with Crippen molar-refractivity contribution < 1.29 is 0 Å². The van der Waals surface area contributed by atoms with Crippen LogP contribution in [0.4, 0.5) is 0 Å². The van der Waals surface area contributed by atoms with Crippen molar-refractivity contribution in [3.8, 4) is 0 Å². The van der Waals surface area contributed by atoms with Gasteiger partial charge in [0.05, 0.1) is 0 Å². The Morgan fingerprint density at radius 3 is 2.44 bits per heavy atom. The van der Waals surface area contributed by atoms with Gasteiger partial charge in [-0.2, -0.15) is 0 Å². The van der Waals surface area contributed by atoms with E-state index in [0.717, 1.165) is 6.42 Å². The molecule has 0 aromatic heterocycles. The Labute approximate surface area is 101 Å². The van der Waals surface area contributed by atoms with Crippen LogP contribution in [0.5, 0.6) is 0 Å². The van der Waals surface area contributed by atoms with Crippen LogP contribution in [0, 0.1) is 5.41 Å². The van der Waals surface area contributed by atoms with Crippen molar-refractivity contribution in [3.63, 3.8) is 0 Å². The third kappa shape index (κ3) is 5.34. The molecule has 0 unspecified atom stereocenters. The van der Waals surface area contributed by atoms with Gasteiger partial charge >= 0.3 is 0 Å². The van der Waals surface area contributed by atoms with E-state index in [9.17, 15) is 0 Å².